The summed E-state index contributed by atoms with van der Waals surface area (Å²) in [7, 11) is 0. The second kappa shape index (κ2) is 8.20. The van der Waals surface area contributed by atoms with Gasteiger partial charge >= 0.3 is 6.18 Å². The van der Waals surface area contributed by atoms with E-state index in [1.807, 2.05) is 22.8 Å². The molecule has 2 aromatic heterocycles. The topological polar surface area (TPSA) is 73.1 Å². The molecule has 0 radical (unpaired) electrons. The number of benzene rings is 1. The first-order valence-electron chi connectivity index (χ1n) is 10.8. The summed E-state index contributed by atoms with van der Waals surface area (Å²) in [6, 6.07) is 9.25. The third kappa shape index (κ3) is 4.09. The van der Waals surface area contributed by atoms with Crippen LogP contribution in [0.5, 0.6) is 5.88 Å². The van der Waals surface area contributed by atoms with Crippen molar-refractivity contribution in [3.05, 3.63) is 65.4 Å². The van der Waals surface area contributed by atoms with Gasteiger partial charge in [0.05, 0.1) is 17.4 Å². The summed E-state index contributed by atoms with van der Waals surface area (Å²) in [4.78, 5) is 4.21. The molecule has 9 heteroatoms. The van der Waals surface area contributed by atoms with Crippen LogP contribution in [0.2, 0.25) is 0 Å². The predicted octanol–water partition coefficient (Wildman–Crippen LogP) is 4.25. The molecule has 1 aliphatic carbocycles. The van der Waals surface area contributed by atoms with Gasteiger partial charge in [0.25, 0.3) is 0 Å². The fourth-order valence-corrected chi connectivity index (χ4v) is 4.70. The molecule has 1 atom stereocenters. The molecule has 0 spiro atoms. The van der Waals surface area contributed by atoms with Gasteiger partial charge in [-0.25, -0.2) is 4.98 Å². The molecule has 1 aromatic carbocycles. The number of rotatable bonds is 3. The highest BCUT2D eigenvalue weighted by Gasteiger charge is 2.34. The largest absolute Gasteiger partial charge is 0.474 e. The van der Waals surface area contributed by atoms with E-state index in [0.29, 0.717) is 23.0 Å². The highest BCUT2D eigenvalue weighted by atomic mass is 19.4. The number of aromatic nitrogens is 4. The Bertz CT molecular complexity index is 1090. The summed E-state index contributed by atoms with van der Waals surface area (Å²) >= 11 is 0. The first-order valence-corrected chi connectivity index (χ1v) is 10.8. The van der Waals surface area contributed by atoms with E-state index in [-0.39, 0.29) is 24.9 Å². The fourth-order valence-electron chi connectivity index (χ4n) is 4.70. The van der Waals surface area contributed by atoms with E-state index < -0.39 is 17.8 Å². The zero-order chi connectivity index (χ0) is 22.3. The second-order valence-electron chi connectivity index (χ2n) is 8.47. The second-order valence-corrected chi connectivity index (χ2v) is 8.47. The van der Waals surface area contributed by atoms with E-state index in [2.05, 4.69) is 15.2 Å². The van der Waals surface area contributed by atoms with Crippen molar-refractivity contribution in [2.24, 2.45) is 0 Å². The molecule has 3 heterocycles. The van der Waals surface area contributed by atoms with Crippen LogP contribution >= 0.6 is 0 Å². The van der Waals surface area contributed by atoms with Crippen molar-refractivity contribution in [3.63, 3.8) is 0 Å². The number of aliphatic hydroxyl groups excluding tert-OH is 1. The van der Waals surface area contributed by atoms with Crippen LogP contribution in [0, 0.1) is 0 Å². The number of hydrogen-bond acceptors (Lipinski definition) is 5. The number of nitrogens with zero attached hydrogens (tertiary/aromatic N) is 4. The van der Waals surface area contributed by atoms with Gasteiger partial charge in [0.2, 0.25) is 5.88 Å². The first kappa shape index (κ1) is 20.9. The van der Waals surface area contributed by atoms with Gasteiger partial charge < -0.3 is 9.84 Å². The van der Waals surface area contributed by atoms with E-state index in [1.54, 1.807) is 6.20 Å². The zero-order valence-corrected chi connectivity index (χ0v) is 17.3. The van der Waals surface area contributed by atoms with E-state index in [1.165, 1.54) is 6.07 Å². The lowest BCUT2D eigenvalue weighted by Gasteiger charge is -2.28. The minimum Gasteiger partial charge on any atom is -0.474 e. The number of fused-ring (bicyclic) bond motifs is 3. The number of ether oxygens (including phenoxy) is 1. The monoisotopic (exact) mass is 444 g/mol. The maximum Gasteiger partial charge on any atom is 0.416 e. The molecule has 32 heavy (non-hydrogen) atoms. The van der Waals surface area contributed by atoms with Crippen molar-refractivity contribution < 1.29 is 23.0 Å². The van der Waals surface area contributed by atoms with Crippen molar-refractivity contribution in [1.82, 2.24) is 19.7 Å². The van der Waals surface area contributed by atoms with E-state index in [4.69, 9.17) is 4.74 Å². The van der Waals surface area contributed by atoms with Crippen LogP contribution in [0.3, 0.4) is 0 Å². The fraction of sp³-hybridized carbons (Fsp3) is 0.435. The van der Waals surface area contributed by atoms with E-state index >= 15 is 0 Å². The summed E-state index contributed by atoms with van der Waals surface area (Å²) in [6.45, 7) is 0. The Morgan fingerprint density at radius 3 is 2.53 bits per heavy atom. The Kier molecular flexibility index (Phi) is 5.36. The van der Waals surface area contributed by atoms with Crippen molar-refractivity contribution in [2.45, 2.75) is 62.8 Å². The molecule has 1 saturated carbocycles. The van der Waals surface area contributed by atoms with Gasteiger partial charge in [-0.05, 0) is 55.5 Å². The molecule has 168 valence electrons. The third-order valence-corrected chi connectivity index (χ3v) is 6.24. The molecule has 1 unspecified atom stereocenters. The van der Waals surface area contributed by atoms with Gasteiger partial charge in [-0.2, -0.15) is 13.2 Å². The maximum atomic E-state index is 13.2. The molecular weight excluding hydrogens is 421 g/mol. The maximum absolute atomic E-state index is 13.2. The summed E-state index contributed by atoms with van der Waals surface area (Å²) in [5.41, 5.74) is 0.365. The Morgan fingerprint density at radius 2 is 1.81 bits per heavy atom. The normalized spacial score (nSPS) is 23.2. The minimum absolute atomic E-state index is 0.0659. The van der Waals surface area contributed by atoms with Crippen LogP contribution in [-0.4, -0.2) is 37.1 Å². The Hall–Kier alpha value is -2.94. The van der Waals surface area contributed by atoms with Gasteiger partial charge in [0.15, 0.2) is 0 Å². The molecule has 1 N–H and O–H groups in total. The Morgan fingerprint density at radius 1 is 1.00 bits per heavy atom. The van der Waals surface area contributed by atoms with Gasteiger partial charge in [0, 0.05) is 31.0 Å². The standard InChI is InChI=1S/C23H23F3N4O2/c24-23(25,26)16-6-9-19-15(11-16)12-17(31)13-20-28-29-22(30(19)20)14-4-7-18(8-5-14)32-21-3-1-2-10-27-21/h1-3,6,9-11,14,17-18,31H,4-5,7-8,12-13H2/t14-,17?,18-. The molecule has 3 aromatic rings. The lowest BCUT2D eigenvalue weighted by atomic mass is 9.86. The van der Waals surface area contributed by atoms with Crippen LogP contribution in [0.15, 0.2) is 42.6 Å². The highest BCUT2D eigenvalue weighted by molar-refractivity contribution is 5.47. The quantitative estimate of drug-likeness (QED) is 0.654. The lowest BCUT2D eigenvalue weighted by Crippen LogP contribution is -2.25. The SMILES string of the molecule is OC1Cc2cc(C(F)(F)F)ccc2-n2c(nnc2[C@H]2CC[C@H](Oc3ccccn3)CC2)C1. The average molecular weight is 444 g/mol. The Balaban J connectivity index is 1.41. The smallest absolute Gasteiger partial charge is 0.416 e. The van der Waals surface area contributed by atoms with Crippen LogP contribution in [-0.2, 0) is 19.0 Å². The Labute approximate surface area is 183 Å². The summed E-state index contributed by atoms with van der Waals surface area (Å²) in [6.07, 6.45) is 0.224. The highest BCUT2D eigenvalue weighted by Crippen LogP contribution is 2.38. The van der Waals surface area contributed by atoms with Crippen molar-refractivity contribution in [2.75, 3.05) is 0 Å². The first-order chi connectivity index (χ1) is 15.4. The average Bonchev–Trinajstić information content (AvgIpc) is 3.11. The summed E-state index contributed by atoms with van der Waals surface area (Å²) in [5.74, 6) is 2.05. The molecule has 2 aliphatic rings. The molecule has 1 aliphatic heterocycles. The molecule has 0 bridgehead atoms. The zero-order valence-electron chi connectivity index (χ0n) is 17.3. The van der Waals surface area contributed by atoms with Crippen molar-refractivity contribution in [3.8, 4) is 11.6 Å². The van der Waals surface area contributed by atoms with Crippen LogP contribution < -0.4 is 4.74 Å². The number of alkyl halides is 3. The number of halogens is 3. The van der Waals surface area contributed by atoms with E-state index in [9.17, 15) is 18.3 Å². The number of pyridine rings is 1. The van der Waals surface area contributed by atoms with Gasteiger partial charge in [-0.15, -0.1) is 10.2 Å². The van der Waals surface area contributed by atoms with Crippen LogP contribution in [0.25, 0.3) is 5.69 Å². The van der Waals surface area contributed by atoms with Crippen molar-refractivity contribution >= 4 is 0 Å². The van der Waals surface area contributed by atoms with Crippen LogP contribution in [0.1, 0.15) is 54.4 Å². The molecular formula is C23H23F3N4O2. The third-order valence-electron chi connectivity index (χ3n) is 6.24. The van der Waals surface area contributed by atoms with E-state index in [0.717, 1.165) is 43.6 Å². The van der Waals surface area contributed by atoms with Gasteiger partial charge in [-0.3, -0.25) is 4.57 Å². The van der Waals surface area contributed by atoms with Crippen molar-refractivity contribution in [1.29, 1.82) is 0 Å². The minimum atomic E-state index is -4.43. The summed E-state index contributed by atoms with van der Waals surface area (Å²) in [5, 5.41) is 19.1. The molecule has 0 saturated heterocycles. The molecule has 6 nitrogen and oxygen atoms in total. The van der Waals surface area contributed by atoms with Crippen LogP contribution in [0.4, 0.5) is 13.2 Å². The number of aliphatic hydroxyl groups is 1. The van der Waals surface area contributed by atoms with Gasteiger partial charge in [-0.1, -0.05) is 6.07 Å². The van der Waals surface area contributed by atoms with Gasteiger partial charge in [0.1, 0.15) is 17.8 Å². The summed E-state index contributed by atoms with van der Waals surface area (Å²) < 4.78 is 47.6. The molecule has 0 amide bonds. The lowest BCUT2D eigenvalue weighted by molar-refractivity contribution is -0.137. The predicted molar refractivity (Wildman–Crippen MR) is 110 cm³/mol. The molecule has 1 fully saturated rings. The molecule has 5 rings (SSSR count). The number of hydrogen-bond donors (Lipinski definition) is 1.